The van der Waals surface area contributed by atoms with Gasteiger partial charge in [0.2, 0.25) is 5.91 Å². The smallest absolute Gasteiger partial charge is 0.224 e. The number of benzene rings is 1. The van der Waals surface area contributed by atoms with Crippen LogP contribution in [0.5, 0.6) is 0 Å². The first kappa shape index (κ1) is 14.3. The standard InChI is InChI=1S/C13H17N3OS2/c1-18-13-16-10-6-5-9(8-11(10)19-13)15-12(17)4-2-3-7-14/h5-6,8H,2-4,7,14H2,1H3,(H,15,17). The number of fused-ring (bicyclic) bond motifs is 1. The summed E-state index contributed by atoms with van der Waals surface area (Å²) in [7, 11) is 0. The first-order valence-electron chi connectivity index (χ1n) is 6.17. The summed E-state index contributed by atoms with van der Waals surface area (Å²) in [4.78, 5) is 16.2. The van der Waals surface area contributed by atoms with E-state index in [1.807, 2.05) is 24.5 Å². The van der Waals surface area contributed by atoms with Gasteiger partial charge in [0.15, 0.2) is 4.34 Å². The van der Waals surface area contributed by atoms with Crippen LogP contribution in [0.3, 0.4) is 0 Å². The van der Waals surface area contributed by atoms with Crippen LogP contribution in [-0.4, -0.2) is 23.7 Å². The molecule has 0 saturated heterocycles. The molecule has 19 heavy (non-hydrogen) atoms. The van der Waals surface area contributed by atoms with Gasteiger partial charge in [0.25, 0.3) is 0 Å². The van der Waals surface area contributed by atoms with Gasteiger partial charge in [-0.15, -0.1) is 11.3 Å². The van der Waals surface area contributed by atoms with Crippen molar-refractivity contribution in [2.75, 3.05) is 18.1 Å². The maximum Gasteiger partial charge on any atom is 0.224 e. The average molecular weight is 295 g/mol. The van der Waals surface area contributed by atoms with Crippen molar-refractivity contribution in [2.45, 2.75) is 23.6 Å². The van der Waals surface area contributed by atoms with E-state index in [2.05, 4.69) is 10.3 Å². The lowest BCUT2D eigenvalue weighted by atomic mass is 10.2. The maximum absolute atomic E-state index is 11.7. The highest BCUT2D eigenvalue weighted by molar-refractivity contribution is 8.00. The Hall–Kier alpha value is -1.11. The first-order valence-corrected chi connectivity index (χ1v) is 8.21. The lowest BCUT2D eigenvalue weighted by Crippen LogP contribution is -2.11. The van der Waals surface area contributed by atoms with Crippen molar-refractivity contribution in [3.63, 3.8) is 0 Å². The minimum Gasteiger partial charge on any atom is -0.330 e. The van der Waals surface area contributed by atoms with Crippen LogP contribution in [0, 0.1) is 0 Å². The van der Waals surface area contributed by atoms with Crippen LogP contribution in [0.15, 0.2) is 22.5 Å². The largest absolute Gasteiger partial charge is 0.330 e. The fourth-order valence-electron chi connectivity index (χ4n) is 1.72. The molecular weight excluding hydrogens is 278 g/mol. The predicted molar refractivity (Wildman–Crippen MR) is 82.9 cm³/mol. The van der Waals surface area contributed by atoms with E-state index in [9.17, 15) is 4.79 Å². The van der Waals surface area contributed by atoms with Crippen molar-refractivity contribution in [1.29, 1.82) is 0 Å². The highest BCUT2D eigenvalue weighted by atomic mass is 32.2. The molecule has 1 aromatic carbocycles. The fourth-order valence-corrected chi connectivity index (χ4v) is 3.25. The third-order valence-corrected chi connectivity index (χ3v) is 4.69. The summed E-state index contributed by atoms with van der Waals surface area (Å²) in [5.74, 6) is 0.0439. The number of aromatic nitrogens is 1. The van der Waals surface area contributed by atoms with Gasteiger partial charge in [-0.05, 0) is 43.8 Å². The molecule has 0 aliphatic carbocycles. The highest BCUT2D eigenvalue weighted by Gasteiger charge is 2.06. The molecule has 1 amide bonds. The number of rotatable bonds is 6. The minimum atomic E-state index is 0.0439. The molecule has 1 aromatic heterocycles. The van der Waals surface area contributed by atoms with Crippen molar-refractivity contribution < 1.29 is 4.79 Å². The van der Waals surface area contributed by atoms with Gasteiger partial charge >= 0.3 is 0 Å². The first-order chi connectivity index (χ1) is 9.22. The number of thiazole rings is 1. The van der Waals surface area contributed by atoms with Gasteiger partial charge in [0, 0.05) is 12.1 Å². The van der Waals surface area contributed by atoms with Crippen molar-refractivity contribution in [1.82, 2.24) is 4.98 Å². The molecule has 2 rings (SSSR count). The molecule has 0 bridgehead atoms. The third-order valence-electron chi connectivity index (χ3n) is 2.69. The molecule has 0 aliphatic rings. The molecule has 0 atom stereocenters. The number of nitrogens with zero attached hydrogens (tertiary/aromatic N) is 1. The fraction of sp³-hybridized carbons (Fsp3) is 0.385. The Balaban J connectivity index is 2.02. The normalized spacial score (nSPS) is 10.8. The number of hydrogen-bond acceptors (Lipinski definition) is 5. The van der Waals surface area contributed by atoms with E-state index < -0.39 is 0 Å². The number of amides is 1. The van der Waals surface area contributed by atoms with Gasteiger partial charge in [-0.25, -0.2) is 4.98 Å². The van der Waals surface area contributed by atoms with Crippen LogP contribution in [-0.2, 0) is 4.79 Å². The molecule has 102 valence electrons. The van der Waals surface area contributed by atoms with Crippen molar-refractivity contribution in [2.24, 2.45) is 5.73 Å². The number of thioether (sulfide) groups is 1. The summed E-state index contributed by atoms with van der Waals surface area (Å²) in [6, 6.07) is 5.82. The maximum atomic E-state index is 11.7. The molecular formula is C13H17N3OS2. The molecule has 0 saturated carbocycles. The van der Waals surface area contributed by atoms with E-state index >= 15 is 0 Å². The summed E-state index contributed by atoms with van der Waals surface area (Å²) < 4.78 is 2.14. The summed E-state index contributed by atoms with van der Waals surface area (Å²) in [5, 5.41) is 2.91. The Morgan fingerprint density at radius 2 is 2.32 bits per heavy atom. The highest BCUT2D eigenvalue weighted by Crippen LogP contribution is 2.29. The Morgan fingerprint density at radius 3 is 3.05 bits per heavy atom. The second kappa shape index (κ2) is 6.88. The molecule has 3 N–H and O–H groups in total. The second-order valence-corrected chi connectivity index (χ2v) is 6.24. The molecule has 0 fully saturated rings. The average Bonchev–Trinajstić information content (AvgIpc) is 2.81. The Labute approximate surface area is 120 Å². The monoisotopic (exact) mass is 295 g/mol. The molecule has 0 aliphatic heterocycles. The lowest BCUT2D eigenvalue weighted by Gasteiger charge is -2.04. The van der Waals surface area contributed by atoms with Gasteiger partial charge < -0.3 is 11.1 Å². The van der Waals surface area contributed by atoms with Crippen LogP contribution >= 0.6 is 23.1 Å². The van der Waals surface area contributed by atoms with Crippen LogP contribution < -0.4 is 11.1 Å². The van der Waals surface area contributed by atoms with E-state index in [-0.39, 0.29) is 5.91 Å². The molecule has 2 aromatic rings. The van der Waals surface area contributed by atoms with E-state index in [0.717, 1.165) is 33.1 Å². The predicted octanol–water partition coefficient (Wildman–Crippen LogP) is 3.09. The molecule has 0 spiro atoms. The number of anilines is 1. The van der Waals surface area contributed by atoms with Gasteiger partial charge in [0.05, 0.1) is 10.2 Å². The zero-order chi connectivity index (χ0) is 13.7. The Bertz CT molecular complexity index is 568. The molecule has 0 radical (unpaired) electrons. The summed E-state index contributed by atoms with van der Waals surface area (Å²) in [6.45, 7) is 0.636. The molecule has 4 nitrogen and oxygen atoms in total. The lowest BCUT2D eigenvalue weighted by molar-refractivity contribution is -0.116. The van der Waals surface area contributed by atoms with Gasteiger partial charge in [-0.2, -0.15) is 0 Å². The number of carbonyl (C=O) groups is 1. The summed E-state index contributed by atoms with van der Waals surface area (Å²) in [6.07, 6.45) is 4.26. The van der Waals surface area contributed by atoms with Crippen molar-refractivity contribution in [3.05, 3.63) is 18.2 Å². The van der Waals surface area contributed by atoms with E-state index in [0.29, 0.717) is 13.0 Å². The van der Waals surface area contributed by atoms with Gasteiger partial charge in [0.1, 0.15) is 0 Å². The Kier molecular flexibility index (Phi) is 5.18. The topological polar surface area (TPSA) is 68.0 Å². The third kappa shape index (κ3) is 3.92. The number of hydrogen-bond donors (Lipinski definition) is 2. The van der Waals surface area contributed by atoms with E-state index in [1.54, 1.807) is 23.1 Å². The number of carbonyl (C=O) groups excluding carboxylic acids is 1. The molecule has 6 heteroatoms. The zero-order valence-electron chi connectivity index (χ0n) is 10.8. The number of nitrogens with two attached hydrogens (primary N) is 1. The van der Waals surface area contributed by atoms with Crippen LogP contribution in [0.2, 0.25) is 0 Å². The summed E-state index contributed by atoms with van der Waals surface area (Å²) >= 11 is 3.28. The van der Waals surface area contributed by atoms with Crippen LogP contribution in [0.1, 0.15) is 19.3 Å². The van der Waals surface area contributed by atoms with E-state index in [1.165, 1.54) is 0 Å². The van der Waals surface area contributed by atoms with Crippen LogP contribution in [0.4, 0.5) is 5.69 Å². The van der Waals surface area contributed by atoms with Crippen molar-refractivity contribution >= 4 is 44.9 Å². The number of unbranched alkanes of at least 4 members (excludes halogenated alkanes) is 1. The zero-order valence-corrected chi connectivity index (χ0v) is 12.4. The van der Waals surface area contributed by atoms with Gasteiger partial charge in [-0.3, -0.25) is 4.79 Å². The van der Waals surface area contributed by atoms with Crippen molar-refractivity contribution in [3.8, 4) is 0 Å². The molecule has 1 heterocycles. The van der Waals surface area contributed by atoms with Crippen LogP contribution in [0.25, 0.3) is 10.2 Å². The SMILES string of the molecule is CSc1nc2ccc(NC(=O)CCCCN)cc2s1. The molecule has 0 unspecified atom stereocenters. The Morgan fingerprint density at radius 1 is 1.47 bits per heavy atom. The minimum absolute atomic E-state index is 0.0439. The quantitative estimate of drug-likeness (QED) is 0.635. The second-order valence-electron chi connectivity index (χ2n) is 4.16. The van der Waals surface area contributed by atoms with E-state index in [4.69, 9.17) is 5.73 Å². The number of nitrogens with one attached hydrogen (secondary N) is 1. The summed E-state index contributed by atoms with van der Waals surface area (Å²) in [5.41, 5.74) is 7.22. The van der Waals surface area contributed by atoms with Gasteiger partial charge in [-0.1, -0.05) is 11.8 Å².